The Hall–Kier alpha value is -1.60. The molecular weight excluding hydrogens is 242 g/mol. The molecule has 0 bridgehead atoms. The summed E-state index contributed by atoms with van der Waals surface area (Å²) in [6.07, 6.45) is 3.81. The summed E-state index contributed by atoms with van der Waals surface area (Å²) in [5.41, 5.74) is 8.64. The van der Waals surface area contributed by atoms with E-state index in [0.717, 1.165) is 0 Å². The largest absolute Gasteiger partial charge is 0.309 e. The van der Waals surface area contributed by atoms with E-state index in [9.17, 15) is 0 Å². The van der Waals surface area contributed by atoms with Crippen LogP contribution in [0.3, 0.4) is 0 Å². The molecular formula is C19H23N. The van der Waals surface area contributed by atoms with Gasteiger partial charge in [-0.2, -0.15) is 0 Å². The molecule has 0 spiro atoms. The van der Waals surface area contributed by atoms with Crippen LogP contribution in [-0.4, -0.2) is 7.05 Å². The van der Waals surface area contributed by atoms with E-state index in [-0.39, 0.29) is 0 Å². The summed E-state index contributed by atoms with van der Waals surface area (Å²) in [4.78, 5) is 0. The van der Waals surface area contributed by atoms with E-state index in [1.807, 2.05) is 0 Å². The summed E-state index contributed by atoms with van der Waals surface area (Å²) < 4.78 is 0. The van der Waals surface area contributed by atoms with Crippen LogP contribution in [0.1, 0.15) is 45.8 Å². The lowest BCUT2D eigenvalue weighted by Crippen LogP contribution is -2.19. The lowest BCUT2D eigenvalue weighted by atomic mass is 9.91. The average molecular weight is 265 g/mol. The van der Waals surface area contributed by atoms with Crippen molar-refractivity contribution in [1.29, 1.82) is 0 Å². The van der Waals surface area contributed by atoms with Gasteiger partial charge in [-0.25, -0.2) is 0 Å². The Morgan fingerprint density at radius 1 is 1.00 bits per heavy atom. The van der Waals surface area contributed by atoms with Gasteiger partial charge >= 0.3 is 0 Å². The van der Waals surface area contributed by atoms with Gasteiger partial charge in [0.15, 0.2) is 0 Å². The van der Waals surface area contributed by atoms with Crippen LogP contribution in [-0.2, 0) is 12.8 Å². The van der Waals surface area contributed by atoms with Gasteiger partial charge < -0.3 is 5.32 Å². The zero-order valence-electron chi connectivity index (χ0n) is 12.7. The van der Waals surface area contributed by atoms with Crippen molar-refractivity contribution in [2.24, 2.45) is 0 Å². The molecule has 0 aromatic heterocycles. The minimum atomic E-state index is 0.292. The first-order chi connectivity index (χ1) is 9.70. The number of rotatable bonds is 3. The molecule has 1 heteroatoms. The Morgan fingerprint density at radius 3 is 2.60 bits per heavy atom. The van der Waals surface area contributed by atoms with E-state index < -0.39 is 0 Å². The highest BCUT2D eigenvalue weighted by Crippen LogP contribution is 2.30. The SMILES string of the molecule is CNC(c1ccc2c(c1)CCC2)c1cccc(C)c1C. The Kier molecular flexibility index (Phi) is 3.62. The summed E-state index contributed by atoms with van der Waals surface area (Å²) >= 11 is 0. The molecule has 0 aliphatic heterocycles. The summed E-state index contributed by atoms with van der Waals surface area (Å²) in [5, 5.41) is 3.49. The molecule has 2 aromatic carbocycles. The zero-order chi connectivity index (χ0) is 14.1. The zero-order valence-corrected chi connectivity index (χ0v) is 12.7. The first-order valence-corrected chi connectivity index (χ1v) is 7.56. The molecule has 3 rings (SSSR count). The molecule has 0 heterocycles. The molecule has 1 aliphatic rings. The fraction of sp³-hybridized carbons (Fsp3) is 0.368. The quantitative estimate of drug-likeness (QED) is 0.881. The third kappa shape index (κ3) is 2.27. The normalized spacial score (nSPS) is 15.2. The van der Waals surface area contributed by atoms with Crippen LogP contribution < -0.4 is 5.32 Å². The highest BCUT2D eigenvalue weighted by Gasteiger charge is 2.18. The minimum Gasteiger partial charge on any atom is -0.309 e. The third-order valence-corrected chi connectivity index (χ3v) is 4.70. The van der Waals surface area contributed by atoms with Gasteiger partial charge in [0.25, 0.3) is 0 Å². The van der Waals surface area contributed by atoms with E-state index in [1.165, 1.54) is 41.5 Å². The van der Waals surface area contributed by atoms with Crippen LogP contribution in [0.15, 0.2) is 36.4 Å². The van der Waals surface area contributed by atoms with Crippen molar-refractivity contribution in [2.45, 2.75) is 39.2 Å². The molecule has 0 amide bonds. The van der Waals surface area contributed by atoms with E-state index in [1.54, 1.807) is 11.1 Å². The Labute approximate surface area is 122 Å². The third-order valence-electron chi connectivity index (χ3n) is 4.70. The number of nitrogens with one attached hydrogen (secondary N) is 1. The average Bonchev–Trinajstić information content (AvgIpc) is 2.92. The predicted octanol–water partition coefficient (Wildman–Crippen LogP) is 4.10. The highest BCUT2D eigenvalue weighted by atomic mass is 14.9. The van der Waals surface area contributed by atoms with Gasteiger partial charge in [-0.15, -0.1) is 0 Å². The van der Waals surface area contributed by atoms with Crippen LogP contribution in [0.5, 0.6) is 0 Å². The number of fused-ring (bicyclic) bond motifs is 1. The molecule has 2 aromatic rings. The lowest BCUT2D eigenvalue weighted by Gasteiger charge is -2.21. The van der Waals surface area contributed by atoms with Crippen molar-refractivity contribution < 1.29 is 0 Å². The van der Waals surface area contributed by atoms with Crippen molar-refractivity contribution in [1.82, 2.24) is 5.32 Å². The lowest BCUT2D eigenvalue weighted by molar-refractivity contribution is 0.686. The number of benzene rings is 2. The number of hydrogen-bond acceptors (Lipinski definition) is 1. The van der Waals surface area contributed by atoms with Crippen LogP contribution in [0.25, 0.3) is 0 Å². The maximum absolute atomic E-state index is 3.49. The van der Waals surface area contributed by atoms with Crippen molar-refractivity contribution in [2.75, 3.05) is 7.05 Å². The monoisotopic (exact) mass is 265 g/mol. The molecule has 0 saturated heterocycles. The second-order valence-electron chi connectivity index (χ2n) is 5.89. The number of hydrogen-bond donors (Lipinski definition) is 1. The van der Waals surface area contributed by atoms with Gasteiger partial charge in [-0.05, 0) is 73.5 Å². The van der Waals surface area contributed by atoms with E-state index in [0.29, 0.717) is 6.04 Å². The fourth-order valence-electron chi connectivity index (χ4n) is 3.36. The van der Waals surface area contributed by atoms with E-state index in [2.05, 4.69) is 62.6 Å². The molecule has 1 N–H and O–H groups in total. The van der Waals surface area contributed by atoms with Gasteiger partial charge in [0.05, 0.1) is 6.04 Å². The van der Waals surface area contributed by atoms with Crippen molar-refractivity contribution in [3.05, 3.63) is 69.8 Å². The van der Waals surface area contributed by atoms with Gasteiger partial charge in [0.2, 0.25) is 0 Å². The minimum absolute atomic E-state index is 0.292. The van der Waals surface area contributed by atoms with Crippen LogP contribution >= 0.6 is 0 Å². The summed E-state index contributed by atoms with van der Waals surface area (Å²) in [5.74, 6) is 0. The molecule has 0 radical (unpaired) electrons. The van der Waals surface area contributed by atoms with Crippen LogP contribution in [0.2, 0.25) is 0 Å². The second-order valence-corrected chi connectivity index (χ2v) is 5.89. The van der Waals surface area contributed by atoms with Gasteiger partial charge in [-0.3, -0.25) is 0 Å². The molecule has 1 unspecified atom stereocenters. The Morgan fingerprint density at radius 2 is 1.80 bits per heavy atom. The van der Waals surface area contributed by atoms with Crippen LogP contribution in [0.4, 0.5) is 0 Å². The molecule has 1 nitrogen and oxygen atoms in total. The first kappa shape index (κ1) is 13.4. The standard InChI is InChI=1S/C19H23N/c1-13-6-4-9-18(14(13)2)19(20-3)17-11-10-15-7-5-8-16(15)12-17/h4,6,9-12,19-20H,5,7-8H2,1-3H3. The molecule has 1 aliphatic carbocycles. The summed E-state index contributed by atoms with van der Waals surface area (Å²) in [6, 6.07) is 13.9. The molecule has 0 saturated carbocycles. The predicted molar refractivity (Wildman–Crippen MR) is 85.3 cm³/mol. The van der Waals surface area contributed by atoms with Gasteiger partial charge in [-0.1, -0.05) is 36.4 Å². The second kappa shape index (κ2) is 5.41. The molecule has 104 valence electrons. The maximum Gasteiger partial charge on any atom is 0.0577 e. The van der Waals surface area contributed by atoms with Gasteiger partial charge in [0, 0.05) is 0 Å². The van der Waals surface area contributed by atoms with Crippen LogP contribution in [0, 0.1) is 13.8 Å². The van der Waals surface area contributed by atoms with E-state index in [4.69, 9.17) is 0 Å². The highest BCUT2D eigenvalue weighted by molar-refractivity contribution is 5.43. The smallest absolute Gasteiger partial charge is 0.0577 e. The fourth-order valence-corrected chi connectivity index (χ4v) is 3.36. The van der Waals surface area contributed by atoms with Gasteiger partial charge in [0.1, 0.15) is 0 Å². The molecule has 1 atom stereocenters. The number of aryl methyl sites for hydroxylation is 3. The molecule has 20 heavy (non-hydrogen) atoms. The summed E-state index contributed by atoms with van der Waals surface area (Å²) in [7, 11) is 2.06. The van der Waals surface area contributed by atoms with Crippen molar-refractivity contribution >= 4 is 0 Å². The molecule has 0 fully saturated rings. The first-order valence-electron chi connectivity index (χ1n) is 7.56. The summed E-state index contributed by atoms with van der Waals surface area (Å²) in [6.45, 7) is 4.41. The van der Waals surface area contributed by atoms with E-state index >= 15 is 0 Å². The van der Waals surface area contributed by atoms with Crippen molar-refractivity contribution in [3.63, 3.8) is 0 Å². The maximum atomic E-state index is 3.49. The topological polar surface area (TPSA) is 12.0 Å². The Bertz CT molecular complexity index is 628. The Balaban J connectivity index is 2.03. The van der Waals surface area contributed by atoms with Crippen molar-refractivity contribution in [3.8, 4) is 0 Å².